The second kappa shape index (κ2) is 17.1. The number of nitrogens with one attached hydrogen (secondary N) is 1. The van der Waals surface area contributed by atoms with Gasteiger partial charge in [0.05, 0.1) is 44.0 Å². The third kappa shape index (κ3) is 9.38. The maximum atomic E-state index is 14.1. The lowest BCUT2D eigenvalue weighted by atomic mass is 9.79. The molecule has 308 valence electrons. The average Bonchev–Trinajstić information content (AvgIpc) is 3.54. The third-order valence-electron chi connectivity index (χ3n) is 10.2. The summed E-state index contributed by atoms with van der Waals surface area (Å²) in [4.78, 5) is 28.0. The molecule has 0 amide bonds. The largest absolute Gasteiger partial charge is 0.497 e. The number of aryl methyl sites for hydroxylation is 1. The van der Waals surface area contributed by atoms with Crippen molar-refractivity contribution in [3.8, 4) is 11.5 Å². The summed E-state index contributed by atoms with van der Waals surface area (Å²) in [5.74, 6) is 0.797. The fourth-order valence-corrected chi connectivity index (χ4v) is 11.6. The van der Waals surface area contributed by atoms with Crippen molar-refractivity contribution < 1.29 is 36.4 Å². The standard InChI is InChI=1S/C42H54N3O10PS/c1-27(2)45(28(3)4)56-54-36-22-38(44-23-29(5)39(46)43-40(44)47)53-37(36)24-52-42(31-13-17-34(50-8)18-14-31,32-15-19-35(51-9)20-16-32)33-12-10-11-30(21-33)25-57(48,49)26-41(6,7)55-56/h10-21,23,27-28,36-38H,22,24-26H2,1-9H3,(H,43,46,47)/t36-,37+,38+,56?/m0/s1. The Balaban J connectivity index is 1.58. The highest BCUT2D eigenvalue weighted by molar-refractivity contribution is 7.90. The molecule has 3 heterocycles. The molecule has 57 heavy (non-hydrogen) atoms. The van der Waals surface area contributed by atoms with Gasteiger partial charge in [-0.15, -0.1) is 0 Å². The summed E-state index contributed by atoms with van der Waals surface area (Å²) >= 11 is 0. The van der Waals surface area contributed by atoms with E-state index < -0.39 is 59.3 Å². The van der Waals surface area contributed by atoms with Crippen molar-refractivity contribution in [2.45, 2.75) is 102 Å². The van der Waals surface area contributed by atoms with Gasteiger partial charge in [0, 0.05) is 30.3 Å². The number of rotatable bonds is 8. The van der Waals surface area contributed by atoms with Crippen LogP contribution in [-0.4, -0.2) is 79.1 Å². The van der Waals surface area contributed by atoms with E-state index in [9.17, 15) is 18.0 Å². The van der Waals surface area contributed by atoms with E-state index in [1.54, 1.807) is 41.1 Å². The van der Waals surface area contributed by atoms with Gasteiger partial charge < -0.3 is 28.0 Å². The van der Waals surface area contributed by atoms with Gasteiger partial charge in [-0.1, -0.05) is 48.5 Å². The van der Waals surface area contributed by atoms with Gasteiger partial charge in [-0.25, -0.2) is 17.9 Å². The van der Waals surface area contributed by atoms with Crippen LogP contribution in [0.4, 0.5) is 0 Å². The minimum atomic E-state index is -3.75. The Morgan fingerprint density at radius 3 is 2.04 bits per heavy atom. The number of aromatic nitrogens is 2. The van der Waals surface area contributed by atoms with E-state index in [4.69, 9.17) is 28.0 Å². The molecule has 15 heteroatoms. The summed E-state index contributed by atoms with van der Waals surface area (Å²) in [5, 5.41) is 0. The molecule has 0 aliphatic carbocycles. The Morgan fingerprint density at radius 1 is 0.877 bits per heavy atom. The topological polar surface area (TPSA) is 148 Å². The van der Waals surface area contributed by atoms with Crippen LogP contribution >= 0.6 is 8.53 Å². The first kappa shape index (κ1) is 42.7. The van der Waals surface area contributed by atoms with E-state index in [0.717, 1.165) is 11.1 Å². The summed E-state index contributed by atoms with van der Waals surface area (Å²) in [5.41, 5.74) is -0.462. The molecular weight excluding hydrogens is 770 g/mol. The predicted octanol–water partition coefficient (Wildman–Crippen LogP) is 6.61. The Morgan fingerprint density at radius 2 is 1.47 bits per heavy atom. The molecule has 2 aliphatic rings. The van der Waals surface area contributed by atoms with Crippen LogP contribution in [0.15, 0.2) is 88.6 Å². The molecule has 1 aromatic heterocycles. The summed E-state index contributed by atoms with van der Waals surface area (Å²) < 4.78 is 70.6. The molecule has 2 aliphatic heterocycles. The fraction of sp³-hybridized carbons (Fsp3) is 0.476. The van der Waals surface area contributed by atoms with Crippen LogP contribution in [0.3, 0.4) is 0 Å². The molecule has 4 aromatic rings. The van der Waals surface area contributed by atoms with E-state index in [1.807, 2.05) is 94.4 Å². The summed E-state index contributed by atoms with van der Waals surface area (Å²) in [6, 6.07) is 22.5. The lowest BCUT2D eigenvalue weighted by Crippen LogP contribution is -2.41. The van der Waals surface area contributed by atoms with Crippen LogP contribution in [-0.2, 0) is 39.7 Å². The van der Waals surface area contributed by atoms with Crippen molar-refractivity contribution in [3.05, 3.63) is 128 Å². The zero-order chi connectivity index (χ0) is 41.3. The second-order valence-electron chi connectivity index (χ2n) is 15.8. The Labute approximate surface area is 336 Å². The van der Waals surface area contributed by atoms with Crippen molar-refractivity contribution in [2.24, 2.45) is 0 Å². The first-order valence-corrected chi connectivity index (χ1v) is 22.0. The average molecular weight is 824 g/mol. The number of hydrogen-bond donors (Lipinski definition) is 1. The quantitative estimate of drug-likeness (QED) is 0.192. The van der Waals surface area contributed by atoms with Crippen LogP contribution in [0.2, 0.25) is 0 Å². The first-order valence-electron chi connectivity index (χ1n) is 19.1. The van der Waals surface area contributed by atoms with E-state index in [2.05, 4.69) is 9.65 Å². The normalized spacial score (nSPS) is 23.4. The number of nitrogens with zero attached hydrogens (tertiary/aromatic N) is 2. The molecule has 1 saturated heterocycles. The van der Waals surface area contributed by atoms with Gasteiger partial charge >= 0.3 is 5.69 Å². The van der Waals surface area contributed by atoms with Crippen molar-refractivity contribution >= 4 is 18.4 Å². The van der Waals surface area contributed by atoms with Gasteiger partial charge in [-0.2, -0.15) is 0 Å². The number of sulfone groups is 1. The van der Waals surface area contributed by atoms with Crippen LogP contribution in [0.25, 0.3) is 0 Å². The van der Waals surface area contributed by atoms with Gasteiger partial charge in [0.2, 0.25) is 0 Å². The zero-order valence-corrected chi connectivity index (χ0v) is 35.8. The number of benzene rings is 3. The molecule has 1 unspecified atom stereocenters. The summed E-state index contributed by atoms with van der Waals surface area (Å²) in [6.45, 7) is 13.3. The third-order valence-corrected chi connectivity index (χ3v) is 14.5. The van der Waals surface area contributed by atoms with Crippen molar-refractivity contribution in [2.75, 3.05) is 26.6 Å². The number of hydrogen-bond acceptors (Lipinski definition) is 11. The van der Waals surface area contributed by atoms with Crippen molar-refractivity contribution in [1.82, 2.24) is 14.2 Å². The maximum Gasteiger partial charge on any atom is 0.330 e. The van der Waals surface area contributed by atoms with Crippen LogP contribution in [0.5, 0.6) is 11.5 Å². The number of H-pyrrole nitrogens is 1. The Kier molecular flexibility index (Phi) is 12.9. The van der Waals surface area contributed by atoms with Crippen molar-refractivity contribution in [3.63, 3.8) is 0 Å². The highest BCUT2D eigenvalue weighted by atomic mass is 32.2. The Bertz CT molecular complexity index is 2180. The minimum Gasteiger partial charge on any atom is -0.497 e. The fourth-order valence-electron chi connectivity index (χ4n) is 7.71. The monoisotopic (exact) mass is 823 g/mol. The summed E-state index contributed by atoms with van der Waals surface area (Å²) in [6.07, 6.45) is -0.599. The SMILES string of the molecule is COc1ccc(C2(c3ccc(OC)cc3)OC[C@H]3O[C@@H](n4cc(C)c(=O)[nH]c4=O)C[C@@H]3OP(N(C(C)C)C(C)C)OC(C)(C)CS(=O)(=O)Cc3cccc2c3)cc1. The lowest BCUT2D eigenvalue weighted by molar-refractivity contribution is -0.0933. The molecule has 0 spiro atoms. The summed E-state index contributed by atoms with van der Waals surface area (Å²) in [7, 11) is -2.46. The molecule has 2 bridgehead atoms. The van der Waals surface area contributed by atoms with Gasteiger partial charge in [-0.05, 0) is 95.0 Å². The lowest BCUT2D eigenvalue weighted by Gasteiger charge is -2.41. The van der Waals surface area contributed by atoms with Crippen LogP contribution in [0.1, 0.15) is 82.0 Å². The molecule has 4 atom stereocenters. The molecular formula is C42H54N3O10PS. The Hall–Kier alpha value is -3.88. The molecule has 3 aromatic carbocycles. The van der Waals surface area contributed by atoms with Crippen molar-refractivity contribution in [1.29, 1.82) is 0 Å². The smallest absolute Gasteiger partial charge is 0.330 e. The van der Waals surface area contributed by atoms with Crippen LogP contribution < -0.4 is 20.7 Å². The number of methoxy groups -OCH3 is 2. The highest BCUT2D eigenvalue weighted by Gasteiger charge is 2.46. The van der Waals surface area contributed by atoms with E-state index in [0.29, 0.717) is 28.2 Å². The van der Waals surface area contributed by atoms with Gasteiger partial charge in [0.1, 0.15) is 29.4 Å². The number of fused-ring (bicyclic) bond motifs is 3. The zero-order valence-electron chi connectivity index (χ0n) is 34.1. The second-order valence-corrected chi connectivity index (χ2v) is 19.2. The van der Waals surface area contributed by atoms with Gasteiger partial charge in [-0.3, -0.25) is 14.3 Å². The van der Waals surface area contributed by atoms with Crippen LogP contribution in [0, 0.1) is 6.92 Å². The van der Waals surface area contributed by atoms with Gasteiger partial charge in [0.25, 0.3) is 14.1 Å². The van der Waals surface area contributed by atoms with E-state index in [-0.39, 0.29) is 36.6 Å². The van der Waals surface area contributed by atoms with E-state index in [1.165, 1.54) is 10.8 Å². The molecule has 1 N–H and O–H groups in total. The molecule has 0 saturated carbocycles. The molecule has 6 rings (SSSR count). The molecule has 0 radical (unpaired) electrons. The van der Waals surface area contributed by atoms with Gasteiger partial charge in [0.15, 0.2) is 9.84 Å². The minimum absolute atomic E-state index is 0.0330. The number of ether oxygens (including phenoxy) is 4. The maximum absolute atomic E-state index is 14.1. The first-order chi connectivity index (χ1) is 26.9. The molecule has 1 fully saturated rings. The highest BCUT2D eigenvalue weighted by Crippen LogP contribution is 2.53. The number of aromatic amines is 1. The molecule has 13 nitrogen and oxygen atoms in total. The predicted molar refractivity (Wildman–Crippen MR) is 219 cm³/mol. The van der Waals surface area contributed by atoms with E-state index >= 15 is 0 Å².